The first-order valence-electron chi connectivity index (χ1n) is 6.18. The minimum atomic E-state index is 0.652. The van der Waals surface area contributed by atoms with Crippen LogP contribution >= 0.6 is 0 Å². The summed E-state index contributed by atoms with van der Waals surface area (Å²) < 4.78 is 5.56. The fourth-order valence-corrected chi connectivity index (χ4v) is 1.74. The summed E-state index contributed by atoms with van der Waals surface area (Å²) in [6, 6.07) is 17.6. The molecule has 2 nitrogen and oxygen atoms in total. The first-order valence-corrected chi connectivity index (χ1v) is 6.18. The predicted molar refractivity (Wildman–Crippen MR) is 76.9 cm³/mol. The number of hydrogen-bond donors (Lipinski definition) is 0. The average Bonchev–Trinajstić information content (AvgIpc) is 2.48. The highest BCUT2D eigenvalue weighted by molar-refractivity contribution is 5.64. The summed E-state index contributed by atoms with van der Waals surface area (Å²) in [6.07, 6.45) is 2.68. The van der Waals surface area contributed by atoms with Crippen molar-refractivity contribution in [3.63, 3.8) is 0 Å². The number of hydrogen-bond acceptors (Lipinski definition) is 2. The molecule has 0 aliphatic rings. The Morgan fingerprint density at radius 2 is 1.58 bits per heavy atom. The lowest BCUT2D eigenvalue weighted by molar-refractivity contribution is 0.325. The van der Waals surface area contributed by atoms with Gasteiger partial charge in [0, 0.05) is 0 Å². The number of benzene rings is 2. The maximum Gasteiger partial charge on any atom is 0.119 e. The Labute approximate surface area is 113 Å². The van der Waals surface area contributed by atoms with E-state index < -0.39 is 0 Å². The summed E-state index contributed by atoms with van der Waals surface area (Å²) in [7, 11) is 0. The SMILES string of the molecule is C=CCCOc1ccc(-c2ccc(C#N)cc2)cc1. The van der Waals surface area contributed by atoms with Crippen LogP contribution in [-0.4, -0.2) is 6.61 Å². The maximum atomic E-state index is 8.76. The maximum absolute atomic E-state index is 8.76. The van der Waals surface area contributed by atoms with Crippen molar-refractivity contribution in [1.29, 1.82) is 5.26 Å². The normalized spacial score (nSPS) is 9.63. The van der Waals surface area contributed by atoms with E-state index in [9.17, 15) is 0 Å². The first kappa shape index (κ1) is 12.9. The van der Waals surface area contributed by atoms with Crippen LogP contribution in [0.5, 0.6) is 5.75 Å². The van der Waals surface area contributed by atoms with Crippen LogP contribution in [0.25, 0.3) is 11.1 Å². The molecule has 0 N–H and O–H groups in total. The van der Waals surface area contributed by atoms with E-state index in [0.29, 0.717) is 12.2 Å². The second-order valence-corrected chi connectivity index (χ2v) is 4.14. The van der Waals surface area contributed by atoms with Crippen LogP contribution in [-0.2, 0) is 0 Å². The van der Waals surface area contributed by atoms with E-state index >= 15 is 0 Å². The minimum Gasteiger partial charge on any atom is -0.493 e. The molecule has 2 heteroatoms. The zero-order valence-electron chi connectivity index (χ0n) is 10.7. The van der Waals surface area contributed by atoms with Crippen molar-refractivity contribution < 1.29 is 4.74 Å². The molecule has 2 rings (SSSR count). The summed E-state index contributed by atoms with van der Waals surface area (Å²) in [5, 5.41) is 8.76. The molecule has 0 spiro atoms. The van der Waals surface area contributed by atoms with Gasteiger partial charge in [0.2, 0.25) is 0 Å². The molecule has 2 aromatic carbocycles. The number of nitrogens with zero attached hydrogens (tertiary/aromatic N) is 1. The number of nitriles is 1. The van der Waals surface area contributed by atoms with Crippen molar-refractivity contribution in [2.75, 3.05) is 6.61 Å². The molecule has 0 aliphatic heterocycles. The molecular weight excluding hydrogens is 234 g/mol. The molecule has 19 heavy (non-hydrogen) atoms. The third-order valence-corrected chi connectivity index (χ3v) is 2.79. The van der Waals surface area contributed by atoms with E-state index in [-0.39, 0.29) is 0 Å². The Morgan fingerprint density at radius 3 is 2.11 bits per heavy atom. The van der Waals surface area contributed by atoms with Crippen LogP contribution in [0.1, 0.15) is 12.0 Å². The van der Waals surface area contributed by atoms with Crippen molar-refractivity contribution >= 4 is 0 Å². The van der Waals surface area contributed by atoms with Crippen LogP contribution in [0.15, 0.2) is 61.2 Å². The Balaban J connectivity index is 2.08. The molecule has 0 saturated carbocycles. The predicted octanol–water partition coefficient (Wildman–Crippen LogP) is 4.18. The smallest absolute Gasteiger partial charge is 0.119 e. The summed E-state index contributed by atoms with van der Waals surface area (Å²) >= 11 is 0. The monoisotopic (exact) mass is 249 g/mol. The second kappa shape index (κ2) is 6.42. The van der Waals surface area contributed by atoms with E-state index in [1.807, 2.05) is 54.6 Å². The van der Waals surface area contributed by atoms with Gasteiger partial charge in [-0.25, -0.2) is 0 Å². The number of rotatable bonds is 5. The number of ether oxygens (including phenoxy) is 1. The largest absolute Gasteiger partial charge is 0.493 e. The van der Waals surface area contributed by atoms with E-state index in [4.69, 9.17) is 10.00 Å². The molecule has 0 saturated heterocycles. The fraction of sp³-hybridized carbons (Fsp3) is 0.118. The van der Waals surface area contributed by atoms with Crippen LogP contribution < -0.4 is 4.74 Å². The lowest BCUT2D eigenvalue weighted by Crippen LogP contribution is -1.94. The summed E-state index contributed by atoms with van der Waals surface area (Å²) in [4.78, 5) is 0. The summed E-state index contributed by atoms with van der Waals surface area (Å²) in [5.41, 5.74) is 2.88. The molecule has 0 aromatic heterocycles. The third-order valence-electron chi connectivity index (χ3n) is 2.79. The highest BCUT2D eigenvalue weighted by Gasteiger charge is 1.99. The Bertz CT molecular complexity index is 576. The Hall–Kier alpha value is -2.53. The molecule has 0 unspecified atom stereocenters. The molecule has 0 bridgehead atoms. The van der Waals surface area contributed by atoms with Crippen LogP contribution in [0.2, 0.25) is 0 Å². The van der Waals surface area contributed by atoms with Gasteiger partial charge in [0.05, 0.1) is 18.2 Å². The molecule has 0 radical (unpaired) electrons. The van der Waals surface area contributed by atoms with E-state index in [2.05, 4.69) is 12.6 Å². The Morgan fingerprint density at radius 1 is 1.00 bits per heavy atom. The Kier molecular flexibility index (Phi) is 4.36. The van der Waals surface area contributed by atoms with Gasteiger partial charge in [-0.15, -0.1) is 6.58 Å². The van der Waals surface area contributed by atoms with Gasteiger partial charge in [0.25, 0.3) is 0 Å². The van der Waals surface area contributed by atoms with E-state index in [0.717, 1.165) is 23.3 Å². The average molecular weight is 249 g/mol. The molecule has 0 atom stereocenters. The molecule has 94 valence electrons. The van der Waals surface area contributed by atoms with Crippen LogP contribution in [0, 0.1) is 11.3 Å². The van der Waals surface area contributed by atoms with Gasteiger partial charge in [-0.3, -0.25) is 0 Å². The molecule has 0 aliphatic carbocycles. The molecule has 0 fully saturated rings. The second-order valence-electron chi connectivity index (χ2n) is 4.14. The van der Waals surface area contributed by atoms with Gasteiger partial charge in [0.15, 0.2) is 0 Å². The van der Waals surface area contributed by atoms with Gasteiger partial charge in [-0.1, -0.05) is 30.3 Å². The van der Waals surface area contributed by atoms with E-state index in [1.165, 1.54) is 0 Å². The lowest BCUT2D eigenvalue weighted by atomic mass is 10.0. The van der Waals surface area contributed by atoms with Gasteiger partial charge in [0.1, 0.15) is 5.75 Å². The zero-order chi connectivity index (χ0) is 13.5. The molecular formula is C17H15NO. The molecule has 0 heterocycles. The van der Waals surface area contributed by atoms with Crippen molar-refractivity contribution in [3.8, 4) is 22.9 Å². The molecule has 0 amide bonds. The highest BCUT2D eigenvalue weighted by Crippen LogP contribution is 2.22. The van der Waals surface area contributed by atoms with Crippen molar-refractivity contribution in [3.05, 3.63) is 66.7 Å². The third kappa shape index (κ3) is 3.46. The van der Waals surface area contributed by atoms with Crippen LogP contribution in [0.4, 0.5) is 0 Å². The lowest BCUT2D eigenvalue weighted by Gasteiger charge is -2.06. The van der Waals surface area contributed by atoms with Gasteiger partial charge >= 0.3 is 0 Å². The topological polar surface area (TPSA) is 33.0 Å². The zero-order valence-corrected chi connectivity index (χ0v) is 10.7. The first-order chi connectivity index (χ1) is 9.33. The summed E-state index contributed by atoms with van der Waals surface area (Å²) in [5.74, 6) is 0.860. The van der Waals surface area contributed by atoms with Gasteiger partial charge in [-0.2, -0.15) is 5.26 Å². The quantitative estimate of drug-likeness (QED) is 0.588. The van der Waals surface area contributed by atoms with Crippen molar-refractivity contribution in [2.24, 2.45) is 0 Å². The van der Waals surface area contributed by atoms with Crippen LogP contribution in [0.3, 0.4) is 0 Å². The van der Waals surface area contributed by atoms with Crippen molar-refractivity contribution in [2.45, 2.75) is 6.42 Å². The minimum absolute atomic E-state index is 0.652. The fourth-order valence-electron chi connectivity index (χ4n) is 1.74. The van der Waals surface area contributed by atoms with Gasteiger partial charge in [-0.05, 0) is 41.8 Å². The summed E-state index contributed by atoms with van der Waals surface area (Å²) in [6.45, 7) is 4.31. The standard InChI is InChI=1S/C17H15NO/c1-2-3-12-19-17-10-8-16(9-11-17)15-6-4-14(13-18)5-7-15/h2,4-11H,1,3,12H2. The van der Waals surface area contributed by atoms with Crippen molar-refractivity contribution in [1.82, 2.24) is 0 Å². The molecule has 2 aromatic rings. The van der Waals surface area contributed by atoms with E-state index in [1.54, 1.807) is 0 Å². The van der Waals surface area contributed by atoms with Gasteiger partial charge < -0.3 is 4.74 Å². The highest BCUT2D eigenvalue weighted by atomic mass is 16.5.